The van der Waals surface area contributed by atoms with E-state index in [0.717, 1.165) is 5.39 Å². The molecule has 2 aromatic rings. The molecule has 1 aromatic heterocycles. The van der Waals surface area contributed by atoms with Gasteiger partial charge in [0.25, 0.3) is 0 Å². The fraction of sp³-hybridized carbons (Fsp3) is 0.0833. The predicted octanol–water partition coefficient (Wildman–Crippen LogP) is 2.59. The van der Waals surface area contributed by atoms with E-state index in [2.05, 4.69) is 15.5 Å². The topological polar surface area (TPSA) is 53.8 Å². The summed E-state index contributed by atoms with van der Waals surface area (Å²) in [5, 5.41) is 13.4. The molecule has 1 aliphatic heterocycles. The number of nitrogens with zero attached hydrogens (tertiary/aromatic N) is 2. The highest BCUT2D eigenvalue weighted by molar-refractivity contribution is 8.15. The van der Waals surface area contributed by atoms with Crippen LogP contribution in [0.3, 0.4) is 0 Å². The molecular weight excluding hydrogens is 285 g/mol. The van der Waals surface area contributed by atoms with Gasteiger partial charge in [0, 0.05) is 5.56 Å². The minimum Gasteiger partial charge on any atom is -0.303 e. The van der Waals surface area contributed by atoms with Crippen molar-refractivity contribution in [1.29, 1.82) is 0 Å². The van der Waals surface area contributed by atoms with Crippen LogP contribution in [-0.4, -0.2) is 23.0 Å². The molecule has 0 spiro atoms. The quantitative estimate of drug-likeness (QED) is 0.683. The first-order chi connectivity index (χ1) is 9.24. The van der Waals surface area contributed by atoms with E-state index >= 15 is 0 Å². The second kappa shape index (κ2) is 5.10. The smallest absolute Gasteiger partial charge is 0.236 e. The maximum atomic E-state index is 14.1. The monoisotopic (exact) mass is 293 g/mol. The lowest BCUT2D eigenvalue weighted by Crippen LogP contribution is -2.19. The lowest BCUT2D eigenvalue weighted by atomic mass is 10.2. The maximum Gasteiger partial charge on any atom is 0.236 e. The number of amidine groups is 1. The minimum atomic E-state index is -0.292. The first-order valence-corrected chi connectivity index (χ1v) is 7.30. The average molecular weight is 293 g/mol. The highest BCUT2D eigenvalue weighted by atomic mass is 32.2. The lowest BCUT2D eigenvalue weighted by molar-refractivity contribution is -0.116. The van der Waals surface area contributed by atoms with E-state index in [4.69, 9.17) is 0 Å². The minimum absolute atomic E-state index is 0.0925. The van der Waals surface area contributed by atoms with Gasteiger partial charge in [-0.3, -0.25) is 4.79 Å². The Hall–Kier alpha value is -1.73. The van der Waals surface area contributed by atoms with E-state index in [1.807, 2.05) is 17.5 Å². The number of fused-ring (bicyclic) bond motifs is 1. The Morgan fingerprint density at radius 1 is 1.37 bits per heavy atom. The van der Waals surface area contributed by atoms with Crippen LogP contribution in [0.15, 0.2) is 33.8 Å². The Kier molecular flexibility index (Phi) is 3.31. The van der Waals surface area contributed by atoms with Crippen molar-refractivity contribution in [3.63, 3.8) is 0 Å². The van der Waals surface area contributed by atoms with Crippen molar-refractivity contribution in [2.75, 3.05) is 5.75 Å². The first-order valence-electron chi connectivity index (χ1n) is 5.43. The third-order valence-corrected chi connectivity index (χ3v) is 4.31. The van der Waals surface area contributed by atoms with Gasteiger partial charge in [-0.2, -0.15) is 5.10 Å². The Bertz CT molecular complexity index is 708. The molecule has 1 N–H and O–H groups in total. The highest BCUT2D eigenvalue weighted by Gasteiger charge is 2.16. The van der Waals surface area contributed by atoms with Crippen molar-refractivity contribution in [1.82, 2.24) is 5.32 Å². The zero-order chi connectivity index (χ0) is 13.2. The number of nitrogens with one attached hydrogen (secondary N) is 1. The molecule has 4 nitrogen and oxygen atoms in total. The number of rotatable bonds is 2. The Morgan fingerprint density at radius 3 is 3.05 bits per heavy atom. The van der Waals surface area contributed by atoms with E-state index < -0.39 is 0 Å². The molecule has 1 saturated heterocycles. The van der Waals surface area contributed by atoms with Gasteiger partial charge in [-0.15, -0.1) is 16.4 Å². The molecule has 1 aromatic carbocycles. The van der Waals surface area contributed by atoms with Crippen LogP contribution in [0, 0.1) is 5.82 Å². The molecule has 96 valence electrons. The third-order valence-electron chi connectivity index (χ3n) is 2.52. The SMILES string of the molecule is O=C1CSC(=NN=Cc2ccc3ccsc3c2F)N1. The number of hydrogen-bond donors (Lipinski definition) is 1. The standard InChI is InChI=1S/C12H8FN3OS2/c13-10-8(2-1-7-3-4-18-11(7)10)5-14-16-12-15-9(17)6-19-12/h1-5H,6H2,(H,15,16,17). The number of amides is 1. The molecule has 2 heterocycles. The van der Waals surface area contributed by atoms with Crippen LogP contribution in [-0.2, 0) is 4.79 Å². The molecule has 7 heteroatoms. The van der Waals surface area contributed by atoms with Crippen LogP contribution in [0.1, 0.15) is 5.56 Å². The molecule has 0 atom stereocenters. The van der Waals surface area contributed by atoms with Crippen LogP contribution in [0.25, 0.3) is 10.1 Å². The number of thiophene rings is 1. The second-order valence-electron chi connectivity index (χ2n) is 3.79. The fourth-order valence-corrected chi connectivity index (χ4v) is 3.11. The van der Waals surface area contributed by atoms with Gasteiger partial charge in [-0.25, -0.2) is 4.39 Å². The van der Waals surface area contributed by atoms with E-state index in [-0.39, 0.29) is 11.7 Å². The van der Waals surface area contributed by atoms with Gasteiger partial charge < -0.3 is 5.32 Å². The van der Waals surface area contributed by atoms with E-state index in [1.165, 1.54) is 29.3 Å². The number of benzene rings is 1. The van der Waals surface area contributed by atoms with Crippen molar-refractivity contribution >= 4 is 50.5 Å². The Labute approximate surface area is 116 Å². The molecule has 1 fully saturated rings. The summed E-state index contributed by atoms with van der Waals surface area (Å²) in [6, 6.07) is 5.37. The fourth-order valence-electron chi connectivity index (χ4n) is 1.64. The molecular formula is C12H8FN3OS2. The van der Waals surface area contributed by atoms with Gasteiger partial charge in [0.15, 0.2) is 5.17 Å². The van der Waals surface area contributed by atoms with Crippen LogP contribution in [0.2, 0.25) is 0 Å². The molecule has 0 radical (unpaired) electrons. The molecule has 3 rings (SSSR count). The van der Waals surface area contributed by atoms with Gasteiger partial charge in [0.1, 0.15) is 5.82 Å². The van der Waals surface area contributed by atoms with E-state index in [0.29, 0.717) is 21.2 Å². The van der Waals surface area contributed by atoms with Gasteiger partial charge >= 0.3 is 0 Å². The van der Waals surface area contributed by atoms with E-state index in [1.54, 1.807) is 6.07 Å². The van der Waals surface area contributed by atoms with E-state index in [9.17, 15) is 9.18 Å². The van der Waals surface area contributed by atoms with Crippen molar-refractivity contribution in [2.45, 2.75) is 0 Å². The molecule has 0 saturated carbocycles. The van der Waals surface area contributed by atoms with Crippen molar-refractivity contribution in [3.8, 4) is 0 Å². The summed E-state index contributed by atoms with van der Waals surface area (Å²) < 4.78 is 14.7. The summed E-state index contributed by atoms with van der Waals surface area (Å²) in [5.74, 6) is -0.0335. The number of carbonyl (C=O) groups excluding carboxylic acids is 1. The molecule has 0 unspecified atom stereocenters. The summed E-state index contributed by atoms with van der Waals surface area (Å²) in [5.41, 5.74) is 0.383. The van der Waals surface area contributed by atoms with Crippen molar-refractivity contribution in [2.24, 2.45) is 10.2 Å². The van der Waals surface area contributed by atoms with Crippen LogP contribution in [0.4, 0.5) is 4.39 Å². The van der Waals surface area contributed by atoms with Crippen LogP contribution < -0.4 is 5.32 Å². The van der Waals surface area contributed by atoms with Gasteiger partial charge in [0.05, 0.1) is 16.7 Å². The molecule has 1 amide bonds. The summed E-state index contributed by atoms with van der Waals surface area (Å²) in [6.07, 6.45) is 1.35. The van der Waals surface area contributed by atoms with Crippen molar-refractivity contribution in [3.05, 3.63) is 35.0 Å². The van der Waals surface area contributed by atoms with Gasteiger partial charge in [0.2, 0.25) is 5.91 Å². The van der Waals surface area contributed by atoms with Crippen LogP contribution in [0.5, 0.6) is 0 Å². The zero-order valence-electron chi connectivity index (χ0n) is 9.59. The average Bonchev–Trinajstić information content (AvgIpc) is 3.01. The summed E-state index contributed by atoms with van der Waals surface area (Å²) in [7, 11) is 0. The molecule has 1 aliphatic rings. The number of hydrogen-bond acceptors (Lipinski definition) is 5. The first kappa shape index (κ1) is 12.3. The Morgan fingerprint density at radius 2 is 2.26 bits per heavy atom. The third kappa shape index (κ3) is 2.52. The number of halogens is 1. The summed E-state index contributed by atoms with van der Waals surface area (Å²) in [4.78, 5) is 10.9. The normalized spacial score (nSPS) is 17.7. The van der Waals surface area contributed by atoms with Gasteiger partial charge in [-0.1, -0.05) is 17.8 Å². The molecule has 0 bridgehead atoms. The zero-order valence-corrected chi connectivity index (χ0v) is 11.2. The summed E-state index contributed by atoms with van der Waals surface area (Å²) >= 11 is 2.63. The molecule has 0 aliphatic carbocycles. The highest BCUT2D eigenvalue weighted by Crippen LogP contribution is 2.25. The number of thioether (sulfide) groups is 1. The van der Waals surface area contributed by atoms with Crippen molar-refractivity contribution < 1.29 is 9.18 Å². The van der Waals surface area contributed by atoms with Crippen LogP contribution >= 0.6 is 23.1 Å². The Balaban J connectivity index is 1.85. The molecule has 19 heavy (non-hydrogen) atoms. The largest absolute Gasteiger partial charge is 0.303 e. The number of carbonyl (C=O) groups is 1. The summed E-state index contributed by atoms with van der Waals surface area (Å²) in [6.45, 7) is 0. The maximum absolute atomic E-state index is 14.1. The second-order valence-corrected chi connectivity index (χ2v) is 5.67. The van der Waals surface area contributed by atoms with Gasteiger partial charge in [-0.05, 0) is 22.9 Å². The predicted molar refractivity (Wildman–Crippen MR) is 77.4 cm³/mol. The lowest BCUT2D eigenvalue weighted by Gasteiger charge is -1.97.